The van der Waals surface area contributed by atoms with Gasteiger partial charge in [-0.2, -0.15) is 5.10 Å². The summed E-state index contributed by atoms with van der Waals surface area (Å²) in [6.07, 6.45) is 0.860. The molecule has 5 nitrogen and oxygen atoms in total. The molecule has 0 saturated heterocycles. The second-order valence-corrected chi connectivity index (χ2v) is 5.72. The number of amides is 1. The Hall–Kier alpha value is -1.56. The van der Waals surface area contributed by atoms with Crippen LogP contribution in [0.25, 0.3) is 0 Å². The van der Waals surface area contributed by atoms with Gasteiger partial charge in [0.15, 0.2) is 5.69 Å². The SMILES string of the molecule is O=C(NCc1ccc(Cl)cc1Cl)c1n[nH]c2c1CNCC2. The lowest BCUT2D eigenvalue weighted by Gasteiger charge is -2.13. The van der Waals surface area contributed by atoms with Crippen LogP contribution in [0.15, 0.2) is 18.2 Å². The molecule has 0 atom stereocenters. The fourth-order valence-corrected chi connectivity index (χ4v) is 2.81. The quantitative estimate of drug-likeness (QED) is 0.811. The normalized spacial score (nSPS) is 13.8. The zero-order valence-corrected chi connectivity index (χ0v) is 12.7. The third-order valence-electron chi connectivity index (χ3n) is 3.48. The maximum Gasteiger partial charge on any atom is 0.272 e. The minimum Gasteiger partial charge on any atom is -0.346 e. The number of aromatic amines is 1. The molecule has 21 heavy (non-hydrogen) atoms. The summed E-state index contributed by atoms with van der Waals surface area (Å²) in [5, 5.41) is 14.2. The van der Waals surface area contributed by atoms with E-state index in [0.29, 0.717) is 28.8 Å². The van der Waals surface area contributed by atoms with Crippen LogP contribution in [-0.2, 0) is 19.5 Å². The summed E-state index contributed by atoms with van der Waals surface area (Å²) in [5.41, 5.74) is 3.24. The van der Waals surface area contributed by atoms with Crippen molar-refractivity contribution in [2.24, 2.45) is 0 Å². The second-order valence-electron chi connectivity index (χ2n) is 4.87. The summed E-state index contributed by atoms with van der Waals surface area (Å²) >= 11 is 11.9. The molecule has 3 N–H and O–H groups in total. The van der Waals surface area contributed by atoms with E-state index < -0.39 is 0 Å². The fraction of sp³-hybridized carbons (Fsp3) is 0.286. The van der Waals surface area contributed by atoms with Gasteiger partial charge in [0.25, 0.3) is 5.91 Å². The lowest BCUT2D eigenvalue weighted by molar-refractivity contribution is 0.0944. The lowest BCUT2D eigenvalue weighted by Crippen LogP contribution is -2.28. The van der Waals surface area contributed by atoms with E-state index in [9.17, 15) is 4.79 Å². The van der Waals surface area contributed by atoms with Gasteiger partial charge in [-0.25, -0.2) is 0 Å². The molecule has 1 aromatic carbocycles. The highest BCUT2D eigenvalue weighted by molar-refractivity contribution is 6.35. The highest BCUT2D eigenvalue weighted by Crippen LogP contribution is 2.21. The maximum absolute atomic E-state index is 12.2. The summed E-state index contributed by atoms with van der Waals surface area (Å²) in [6.45, 7) is 1.90. The van der Waals surface area contributed by atoms with Gasteiger partial charge in [0.2, 0.25) is 0 Å². The average molecular weight is 325 g/mol. The number of nitrogens with one attached hydrogen (secondary N) is 3. The molecule has 0 radical (unpaired) electrons. The van der Waals surface area contributed by atoms with Crippen LogP contribution in [0.4, 0.5) is 0 Å². The van der Waals surface area contributed by atoms with E-state index in [2.05, 4.69) is 20.8 Å². The third kappa shape index (κ3) is 3.05. The van der Waals surface area contributed by atoms with Crippen molar-refractivity contribution in [2.45, 2.75) is 19.5 Å². The molecule has 1 amide bonds. The molecule has 110 valence electrons. The Labute approximate surface area is 132 Å². The highest BCUT2D eigenvalue weighted by atomic mass is 35.5. The van der Waals surface area contributed by atoms with E-state index in [1.165, 1.54) is 0 Å². The first-order valence-corrected chi connectivity index (χ1v) is 7.39. The first kappa shape index (κ1) is 14.4. The summed E-state index contributed by atoms with van der Waals surface area (Å²) in [5.74, 6) is -0.206. The Morgan fingerprint density at radius 1 is 1.38 bits per heavy atom. The summed E-state index contributed by atoms with van der Waals surface area (Å²) in [4.78, 5) is 12.2. The van der Waals surface area contributed by atoms with E-state index in [1.54, 1.807) is 18.2 Å². The number of fused-ring (bicyclic) bond motifs is 1. The average Bonchev–Trinajstić information content (AvgIpc) is 2.90. The number of hydrogen-bond donors (Lipinski definition) is 3. The van der Waals surface area contributed by atoms with Crippen molar-refractivity contribution in [1.29, 1.82) is 0 Å². The molecule has 7 heteroatoms. The van der Waals surface area contributed by atoms with Crippen molar-refractivity contribution in [1.82, 2.24) is 20.8 Å². The smallest absolute Gasteiger partial charge is 0.272 e. The van der Waals surface area contributed by atoms with Crippen molar-refractivity contribution in [2.75, 3.05) is 6.54 Å². The van der Waals surface area contributed by atoms with Crippen LogP contribution >= 0.6 is 23.2 Å². The van der Waals surface area contributed by atoms with E-state index in [1.807, 2.05) is 0 Å². The first-order valence-electron chi connectivity index (χ1n) is 6.64. The second kappa shape index (κ2) is 6.05. The molecule has 0 bridgehead atoms. The summed E-state index contributed by atoms with van der Waals surface area (Å²) in [6, 6.07) is 5.20. The molecule has 2 heterocycles. The van der Waals surface area contributed by atoms with Gasteiger partial charge in [-0.3, -0.25) is 9.89 Å². The van der Waals surface area contributed by atoms with E-state index >= 15 is 0 Å². The Kier molecular flexibility index (Phi) is 4.14. The predicted molar refractivity (Wildman–Crippen MR) is 81.6 cm³/mol. The predicted octanol–water partition coefficient (Wildman–Crippen LogP) is 2.29. The van der Waals surface area contributed by atoms with Crippen LogP contribution < -0.4 is 10.6 Å². The molecule has 0 unspecified atom stereocenters. The summed E-state index contributed by atoms with van der Waals surface area (Å²) in [7, 11) is 0. The highest BCUT2D eigenvalue weighted by Gasteiger charge is 2.21. The molecule has 0 aliphatic carbocycles. The van der Waals surface area contributed by atoms with Crippen molar-refractivity contribution in [3.05, 3.63) is 50.8 Å². The minimum absolute atomic E-state index is 0.206. The van der Waals surface area contributed by atoms with Crippen LogP contribution in [0.1, 0.15) is 27.3 Å². The van der Waals surface area contributed by atoms with Crippen molar-refractivity contribution in [3.8, 4) is 0 Å². The van der Waals surface area contributed by atoms with Crippen molar-refractivity contribution < 1.29 is 4.79 Å². The fourth-order valence-electron chi connectivity index (χ4n) is 2.34. The summed E-state index contributed by atoms with van der Waals surface area (Å²) < 4.78 is 0. The Balaban J connectivity index is 1.71. The maximum atomic E-state index is 12.2. The molecule has 1 aliphatic heterocycles. The standard InChI is InChI=1S/C14H14Cl2N4O/c15-9-2-1-8(11(16)5-9)6-18-14(21)13-10-7-17-4-3-12(10)19-20-13/h1-2,5,17H,3-4,6-7H2,(H,18,21)(H,19,20). The Morgan fingerprint density at radius 2 is 2.24 bits per heavy atom. The molecule has 3 rings (SSSR count). The van der Waals surface area contributed by atoms with Gasteiger partial charge in [-0.05, 0) is 17.7 Å². The number of aromatic nitrogens is 2. The monoisotopic (exact) mass is 324 g/mol. The number of H-pyrrole nitrogens is 1. The Morgan fingerprint density at radius 3 is 3.05 bits per heavy atom. The van der Waals surface area contributed by atoms with Gasteiger partial charge in [0.05, 0.1) is 0 Å². The molecule has 1 aromatic heterocycles. The molecule has 2 aromatic rings. The van der Waals surface area contributed by atoms with Gasteiger partial charge in [-0.1, -0.05) is 29.3 Å². The van der Waals surface area contributed by atoms with E-state index in [4.69, 9.17) is 23.2 Å². The molecular formula is C14H14Cl2N4O. The van der Waals surface area contributed by atoms with Gasteiger partial charge < -0.3 is 10.6 Å². The van der Waals surface area contributed by atoms with E-state index in [-0.39, 0.29) is 5.91 Å². The first-order chi connectivity index (χ1) is 10.1. The number of rotatable bonds is 3. The molecule has 0 saturated carbocycles. The topological polar surface area (TPSA) is 69.8 Å². The molecule has 0 spiro atoms. The number of nitrogens with zero attached hydrogens (tertiary/aromatic N) is 1. The van der Waals surface area contributed by atoms with Crippen LogP contribution in [0.3, 0.4) is 0 Å². The number of carbonyl (C=O) groups excluding carboxylic acids is 1. The van der Waals surface area contributed by atoms with Gasteiger partial charge in [0.1, 0.15) is 0 Å². The van der Waals surface area contributed by atoms with Gasteiger partial charge in [-0.15, -0.1) is 0 Å². The van der Waals surface area contributed by atoms with E-state index in [0.717, 1.165) is 29.8 Å². The van der Waals surface area contributed by atoms with Crippen LogP contribution in [0.2, 0.25) is 10.0 Å². The van der Waals surface area contributed by atoms with Crippen molar-refractivity contribution in [3.63, 3.8) is 0 Å². The molecule has 0 fully saturated rings. The largest absolute Gasteiger partial charge is 0.346 e. The third-order valence-corrected chi connectivity index (χ3v) is 4.06. The molecule has 1 aliphatic rings. The zero-order chi connectivity index (χ0) is 14.8. The van der Waals surface area contributed by atoms with Crippen LogP contribution in [0.5, 0.6) is 0 Å². The number of carbonyl (C=O) groups is 1. The minimum atomic E-state index is -0.206. The Bertz CT molecular complexity index is 684. The van der Waals surface area contributed by atoms with Gasteiger partial charge in [0, 0.05) is 47.4 Å². The van der Waals surface area contributed by atoms with Crippen LogP contribution in [0, 0.1) is 0 Å². The number of halogens is 2. The zero-order valence-electron chi connectivity index (χ0n) is 11.2. The molecular weight excluding hydrogens is 311 g/mol. The number of benzene rings is 1. The van der Waals surface area contributed by atoms with Crippen LogP contribution in [-0.4, -0.2) is 22.6 Å². The van der Waals surface area contributed by atoms with Gasteiger partial charge >= 0.3 is 0 Å². The van der Waals surface area contributed by atoms with Crippen molar-refractivity contribution >= 4 is 29.1 Å². The lowest BCUT2D eigenvalue weighted by atomic mass is 10.1. The number of hydrogen-bond acceptors (Lipinski definition) is 3.